The van der Waals surface area contributed by atoms with Crippen molar-refractivity contribution in [2.45, 2.75) is 20.0 Å². The normalized spacial score (nSPS) is 10.8. The van der Waals surface area contributed by atoms with E-state index in [1.54, 1.807) is 12.1 Å². The van der Waals surface area contributed by atoms with Crippen molar-refractivity contribution in [3.63, 3.8) is 0 Å². The zero-order valence-corrected chi connectivity index (χ0v) is 12.4. The molecule has 0 amide bonds. The number of benzene rings is 1. The fourth-order valence-corrected chi connectivity index (χ4v) is 2.27. The van der Waals surface area contributed by atoms with E-state index >= 15 is 0 Å². The summed E-state index contributed by atoms with van der Waals surface area (Å²) in [6.45, 7) is 1.98. The van der Waals surface area contributed by atoms with Gasteiger partial charge in [0.05, 0.1) is 0 Å². The third-order valence-electron chi connectivity index (χ3n) is 3.43. The minimum absolute atomic E-state index is 0.0126. The smallest absolute Gasteiger partial charge is 0.336 e. The third-order valence-corrected chi connectivity index (χ3v) is 3.43. The first-order chi connectivity index (χ1) is 11.1. The van der Waals surface area contributed by atoms with Gasteiger partial charge in [-0.25, -0.2) is 4.79 Å². The van der Waals surface area contributed by atoms with Gasteiger partial charge in [0.15, 0.2) is 5.75 Å². The zero-order valence-electron chi connectivity index (χ0n) is 12.4. The second-order valence-electron chi connectivity index (χ2n) is 4.99. The molecule has 0 atom stereocenters. The van der Waals surface area contributed by atoms with E-state index in [1.165, 1.54) is 6.07 Å². The van der Waals surface area contributed by atoms with E-state index in [4.69, 9.17) is 18.7 Å². The molecular weight excluding hydrogens is 300 g/mol. The van der Waals surface area contributed by atoms with Crippen molar-refractivity contribution >= 4 is 11.0 Å². The number of hydrogen-bond acceptors (Lipinski definition) is 6. The first-order valence-corrected chi connectivity index (χ1v) is 7.07. The minimum atomic E-state index is -0.535. The Balaban J connectivity index is 1.87. The van der Waals surface area contributed by atoms with Gasteiger partial charge in [-0.3, -0.25) is 4.79 Å². The molecule has 3 rings (SSSR count). The van der Waals surface area contributed by atoms with Crippen LogP contribution in [0, 0.1) is 0 Å². The SMILES string of the molecule is CCc1cc(=O)oc2cc(OCc3cc(=O)c(O)co3)ccc12. The lowest BCUT2D eigenvalue weighted by Gasteiger charge is -2.07. The summed E-state index contributed by atoms with van der Waals surface area (Å²) in [7, 11) is 0. The molecule has 0 aliphatic carbocycles. The quantitative estimate of drug-likeness (QED) is 0.744. The Bertz CT molecular complexity index is 967. The van der Waals surface area contributed by atoms with Crippen molar-refractivity contribution in [3.05, 3.63) is 68.6 Å². The lowest BCUT2D eigenvalue weighted by atomic mass is 10.1. The summed E-state index contributed by atoms with van der Waals surface area (Å²) < 4.78 is 15.8. The number of aromatic hydroxyl groups is 1. The molecule has 0 aliphatic heterocycles. The summed E-state index contributed by atoms with van der Waals surface area (Å²) in [5, 5.41) is 9.99. The van der Waals surface area contributed by atoms with E-state index in [0.717, 1.165) is 29.7 Å². The predicted octanol–water partition coefficient (Wildman–Crippen LogP) is 2.59. The Morgan fingerprint density at radius 1 is 1.17 bits per heavy atom. The van der Waals surface area contributed by atoms with E-state index < -0.39 is 16.8 Å². The number of hydrogen-bond donors (Lipinski definition) is 1. The second-order valence-corrected chi connectivity index (χ2v) is 4.99. The minimum Gasteiger partial charge on any atom is -0.502 e. The van der Waals surface area contributed by atoms with E-state index in [0.29, 0.717) is 11.3 Å². The van der Waals surface area contributed by atoms with Crippen LogP contribution in [0.4, 0.5) is 0 Å². The molecule has 0 saturated carbocycles. The van der Waals surface area contributed by atoms with Crippen molar-refractivity contribution in [1.29, 1.82) is 0 Å². The van der Waals surface area contributed by atoms with Crippen LogP contribution in [0.2, 0.25) is 0 Å². The molecule has 0 fully saturated rings. The van der Waals surface area contributed by atoms with Crippen LogP contribution in [0.3, 0.4) is 0 Å². The highest BCUT2D eigenvalue weighted by Crippen LogP contribution is 2.23. The van der Waals surface area contributed by atoms with Gasteiger partial charge in [0.1, 0.15) is 30.0 Å². The molecule has 1 N–H and O–H groups in total. The van der Waals surface area contributed by atoms with E-state index in [1.807, 2.05) is 13.0 Å². The van der Waals surface area contributed by atoms with Gasteiger partial charge in [0, 0.05) is 23.6 Å². The van der Waals surface area contributed by atoms with Crippen LogP contribution in [0.5, 0.6) is 11.5 Å². The fraction of sp³-hybridized carbons (Fsp3) is 0.176. The maximum absolute atomic E-state index is 11.5. The van der Waals surface area contributed by atoms with Gasteiger partial charge in [0.25, 0.3) is 0 Å². The van der Waals surface area contributed by atoms with Gasteiger partial charge in [-0.2, -0.15) is 0 Å². The van der Waals surface area contributed by atoms with E-state index in [9.17, 15) is 9.59 Å². The van der Waals surface area contributed by atoms with Gasteiger partial charge in [0.2, 0.25) is 5.43 Å². The maximum atomic E-state index is 11.5. The van der Waals surface area contributed by atoms with Crippen molar-refractivity contribution < 1.29 is 18.7 Å². The summed E-state index contributed by atoms with van der Waals surface area (Å²) in [6, 6.07) is 7.83. The average Bonchev–Trinajstić information content (AvgIpc) is 2.54. The van der Waals surface area contributed by atoms with Crippen molar-refractivity contribution in [1.82, 2.24) is 0 Å². The first kappa shape index (κ1) is 14.9. The standard InChI is InChI=1S/C17H14O6/c1-2-10-5-17(20)23-16-7-11(3-4-13(10)16)21-8-12-6-14(18)15(19)9-22-12/h3-7,9,19H,2,8H2,1H3. The molecule has 0 unspecified atom stereocenters. The van der Waals surface area contributed by atoms with Crippen LogP contribution in [-0.4, -0.2) is 5.11 Å². The number of fused-ring (bicyclic) bond motifs is 1. The summed E-state index contributed by atoms with van der Waals surface area (Å²) in [4.78, 5) is 22.9. The molecule has 118 valence electrons. The monoisotopic (exact) mass is 314 g/mol. The summed E-state index contributed by atoms with van der Waals surface area (Å²) in [6.07, 6.45) is 1.69. The van der Waals surface area contributed by atoms with Gasteiger partial charge in [-0.05, 0) is 24.1 Å². The molecule has 2 aromatic heterocycles. The molecule has 0 spiro atoms. The Morgan fingerprint density at radius 3 is 2.74 bits per heavy atom. The number of rotatable bonds is 4. The average molecular weight is 314 g/mol. The highest BCUT2D eigenvalue weighted by Gasteiger charge is 2.07. The Labute approximate surface area is 130 Å². The Kier molecular flexibility index (Phi) is 3.89. The molecule has 0 saturated heterocycles. The largest absolute Gasteiger partial charge is 0.502 e. The Hall–Kier alpha value is -3.02. The molecule has 0 bridgehead atoms. The van der Waals surface area contributed by atoms with Crippen LogP contribution in [-0.2, 0) is 13.0 Å². The van der Waals surface area contributed by atoms with Gasteiger partial charge in [-0.15, -0.1) is 0 Å². The Morgan fingerprint density at radius 2 is 2.00 bits per heavy atom. The molecule has 1 aromatic carbocycles. The molecule has 6 nitrogen and oxygen atoms in total. The lowest BCUT2D eigenvalue weighted by molar-refractivity contribution is 0.263. The number of ether oxygens (including phenoxy) is 1. The van der Waals surface area contributed by atoms with E-state index in [-0.39, 0.29) is 12.4 Å². The van der Waals surface area contributed by atoms with Crippen LogP contribution >= 0.6 is 0 Å². The van der Waals surface area contributed by atoms with Crippen LogP contribution in [0.15, 0.2) is 55.0 Å². The number of aryl methyl sites for hydroxylation is 1. The van der Waals surface area contributed by atoms with Crippen LogP contribution in [0.1, 0.15) is 18.2 Å². The highest BCUT2D eigenvalue weighted by atomic mass is 16.5. The summed E-state index contributed by atoms with van der Waals surface area (Å²) in [5.74, 6) is 0.301. The molecule has 0 aliphatic rings. The van der Waals surface area contributed by atoms with Crippen molar-refractivity contribution in [2.24, 2.45) is 0 Å². The first-order valence-electron chi connectivity index (χ1n) is 7.07. The molecular formula is C17H14O6. The zero-order chi connectivity index (χ0) is 16.4. The lowest BCUT2D eigenvalue weighted by Crippen LogP contribution is -2.03. The van der Waals surface area contributed by atoms with Gasteiger partial charge in [-0.1, -0.05) is 6.92 Å². The van der Waals surface area contributed by atoms with Crippen molar-refractivity contribution in [2.75, 3.05) is 0 Å². The second kappa shape index (κ2) is 6.00. The van der Waals surface area contributed by atoms with Gasteiger partial charge < -0.3 is 18.7 Å². The third kappa shape index (κ3) is 3.11. The molecule has 2 heterocycles. The van der Waals surface area contributed by atoms with Crippen LogP contribution in [0.25, 0.3) is 11.0 Å². The summed E-state index contributed by atoms with van der Waals surface area (Å²) >= 11 is 0. The highest BCUT2D eigenvalue weighted by molar-refractivity contribution is 5.81. The predicted molar refractivity (Wildman–Crippen MR) is 82.8 cm³/mol. The topological polar surface area (TPSA) is 89.9 Å². The van der Waals surface area contributed by atoms with Gasteiger partial charge >= 0.3 is 5.63 Å². The van der Waals surface area contributed by atoms with E-state index in [2.05, 4.69) is 0 Å². The maximum Gasteiger partial charge on any atom is 0.336 e. The van der Waals surface area contributed by atoms with Crippen LogP contribution < -0.4 is 15.8 Å². The molecule has 23 heavy (non-hydrogen) atoms. The molecule has 3 aromatic rings. The molecule has 0 radical (unpaired) electrons. The fourth-order valence-electron chi connectivity index (χ4n) is 2.27. The summed E-state index contributed by atoms with van der Waals surface area (Å²) in [5.41, 5.74) is 0.411. The van der Waals surface area contributed by atoms with Crippen molar-refractivity contribution in [3.8, 4) is 11.5 Å². The molecule has 6 heteroatoms.